The molecule has 0 saturated heterocycles. The van der Waals surface area contributed by atoms with Crippen molar-refractivity contribution in [1.82, 2.24) is 25.2 Å². The molecule has 0 saturated carbocycles. The minimum absolute atomic E-state index is 0.138. The van der Waals surface area contributed by atoms with Crippen LogP contribution in [0.1, 0.15) is 18.0 Å². The second-order valence-corrected chi connectivity index (χ2v) is 6.25. The Morgan fingerprint density at radius 1 is 1.33 bits per heavy atom. The molecule has 3 aromatic rings. The first kappa shape index (κ1) is 16.2. The highest BCUT2D eigenvalue weighted by Gasteiger charge is 2.13. The third-order valence-electron chi connectivity index (χ3n) is 3.52. The van der Waals surface area contributed by atoms with Crippen molar-refractivity contribution in [2.24, 2.45) is 0 Å². The molecule has 3 rings (SSSR count). The maximum absolute atomic E-state index is 12.0. The van der Waals surface area contributed by atoms with E-state index in [1.165, 1.54) is 0 Å². The number of carbonyl (C=O) groups excluding carboxylic acids is 1. The van der Waals surface area contributed by atoms with Gasteiger partial charge < -0.3 is 15.2 Å². The highest BCUT2D eigenvalue weighted by molar-refractivity contribution is 7.10. The fourth-order valence-corrected chi connectivity index (χ4v) is 3.09. The van der Waals surface area contributed by atoms with Crippen LogP contribution in [0.5, 0.6) is 0 Å². The van der Waals surface area contributed by atoms with Crippen molar-refractivity contribution >= 4 is 17.4 Å². The molecule has 0 radical (unpaired) electrons. The van der Waals surface area contributed by atoms with Crippen molar-refractivity contribution < 1.29 is 4.79 Å². The standard InChI is InChI=1S/C17H19N5OS/c1-13(20-17(23)19-8-10-22-9-7-18-12-22)16-21-15(11-24-16)14-5-3-2-4-6-14/h2-7,9,11-13H,8,10H2,1H3,(H2,19,20,23)/t13-/m1/s1. The molecule has 2 heterocycles. The summed E-state index contributed by atoms with van der Waals surface area (Å²) >= 11 is 1.55. The average Bonchev–Trinajstić information content (AvgIpc) is 3.27. The van der Waals surface area contributed by atoms with E-state index in [4.69, 9.17) is 0 Å². The molecule has 1 aromatic carbocycles. The van der Waals surface area contributed by atoms with E-state index < -0.39 is 0 Å². The van der Waals surface area contributed by atoms with Gasteiger partial charge in [-0.2, -0.15) is 0 Å². The van der Waals surface area contributed by atoms with E-state index in [-0.39, 0.29) is 12.1 Å². The van der Waals surface area contributed by atoms with Gasteiger partial charge in [0.25, 0.3) is 0 Å². The summed E-state index contributed by atoms with van der Waals surface area (Å²) in [5, 5.41) is 8.65. The van der Waals surface area contributed by atoms with Crippen LogP contribution in [0.15, 0.2) is 54.4 Å². The predicted octanol–water partition coefficient (Wildman–Crippen LogP) is 3.07. The number of hydrogen-bond acceptors (Lipinski definition) is 4. The van der Waals surface area contributed by atoms with Crippen LogP contribution in [0.2, 0.25) is 0 Å². The minimum atomic E-state index is -0.195. The van der Waals surface area contributed by atoms with Crippen LogP contribution < -0.4 is 10.6 Å². The largest absolute Gasteiger partial charge is 0.336 e. The lowest BCUT2D eigenvalue weighted by Crippen LogP contribution is -2.38. The molecule has 7 heteroatoms. The second-order valence-electron chi connectivity index (χ2n) is 5.36. The first-order chi connectivity index (χ1) is 11.7. The van der Waals surface area contributed by atoms with E-state index in [9.17, 15) is 4.79 Å². The Kier molecular flexibility index (Phi) is 5.22. The van der Waals surface area contributed by atoms with Gasteiger partial charge in [0.05, 0.1) is 18.1 Å². The summed E-state index contributed by atoms with van der Waals surface area (Å²) in [5.74, 6) is 0. The Hall–Kier alpha value is -2.67. The molecule has 0 unspecified atom stereocenters. The number of urea groups is 1. The van der Waals surface area contributed by atoms with Gasteiger partial charge in [0.2, 0.25) is 0 Å². The molecule has 2 N–H and O–H groups in total. The lowest BCUT2D eigenvalue weighted by atomic mass is 10.2. The first-order valence-corrected chi connectivity index (χ1v) is 8.61. The summed E-state index contributed by atoms with van der Waals surface area (Å²) in [7, 11) is 0. The normalized spacial score (nSPS) is 11.9. The molecule has 2 aromatic heterocycles. The first-order valence-electron chi connectivity index (χ1n) is 7.73. The number of nitrogens with zero attached hydrogens (tertiary/aromatic N) is 3. The zero-order valence-electron chi connectivity index (χ0n) is 13.3. The maximum Gasteiger partial charge on any atom is 0.315 e. The predicted molar refractivity (Wildman–Crippen MR) is 94.7 cm³/mol. The summed E-state index contributed by atoms with van der Waals surface area (Å²) in [4.78, 5) is 20.5. The van der Waals surface area contributed by atoms with E-state index in [2.05, 4.69) is 20.6 Å². The summed E-state index contributed by atoms with van der Waals surface area (Å²) in [5.41, 5.74) is 2.02. The molecule has 24 heavy (non-hydrogen) atoms. The van der Waals surface area contributed by atoms with Crippen molar-refractivity contribution in [3.8, 4) is 11.3 Å². The van der Waals surface area contributed by atoms with Crippen molar-refractivity contribution in [1.29, 1.82) is 0 Å². The maximum atomic E-state index is 12.0. The average molecular weight is 341 g/mol. The van der Waals surface area contributed by atoms with Crippen LogP contribution in [0, 0.1) is 0 Å². The van der Waals surface area contributed by atoms with Crippen LogP contribution in [-0.4, -0.2) is 27.1 Å². The fourth-order valence-electron chi connectivity index (χ4n) is 2.25. The highest BCUT2D eigenvalue weighted by Crippen LogP contribution is 2.25. The van der Waals surface area contributed by atoms with E-state index in [1.807, 2.05) is 53.4 Å². The molecule has 1 atom stereocenters. The molecule has 0 fully saturated rings. The van der Waals surface area contributed by atoms with Gasteiger partial charge in [0.1, 0.15) is 5.01 Å². The fraction of sp³-hybridized carbons (Fsp3) is 0.235. The Morgan fingerprint density at radius 2 is 2.17 bits per heavy atom. The second kappa shape index (κ2) is 7.74. The van der Waals surface area contributed by atoms with Crippen molar-refractivity contribution in [2.75, 3.05) is 6.54 Å². The lowest BCUT2D eigenvalue weighted by molar-refractivity contribution is 0.237. The van der Waals surface area contributed by atoms with Gasteiger partial charge in [0.15, 0.2) is 0 Å². The number of amides is 2. The molecule has 0 spiro atoms. The van der Waals surface area contributed by atoms with Crippen LogP contribution in [0.4, 0.5) is 4.79 Å². The molecular weight excluding hydrogens is 322 g/mol. The molecule has 2 amide bonds. The topological polar surface area (TPSA) is 71.8 Å². The van der Waals surface area contributed by atoms with E-state index >= 15 is 0 Å². The van der Waals surface area contributed by atoms with Gasteiger partial charge in [0, 0.05) is 36.4 Å². The molecule has 6 nitrogen and oxygen atoms in total. The van der Waals surface area contributed by atoms with Gasteiger partial charge in [-0.05, 0) is 6.92 Å². The number of benzene rings is 1. The number of thiazole rings is 1. The van der Waals surface area contributed by atoms with E-state index in [1.54, 1.807) is 23.9 Å². The zero-order valence-corrected chi connectivity index (χ0v) is 14.2. The van der Waals surface area contributed by atoms with Crippen LogP contribution in [0.3, 0.4) is 0 Å². The van der Waals surface area contributed by atoms with Gasteiger partial charge >= 0.3 is 6.03 Å². The van der Waals surface area contributed by atoms with Crippen molar-refractivity contribution in [3.63, 3.8) is 0 Å². The smallest absolute Gasteiger partial charge is 0.315 e. The molecule has 0 aliphatic heterocycles. The minimum Gasteiger partial charge on any atom is -0.336 e. The summed E-state index contributed by atoms with van der Waals surface area (Å²) < 4.78 is 1.91. The lowest BCUT2D eigenvalue weighted by Gasteiger charge is -2.12. The van der Waals surface area contributed by atoms with E-state index in [0.29, 0.717) is 13.1 Å². The molecule has 124 valence electrons. The van der Waals surface area contributed by atoms with Crippen LogP contribution >= 0.6 is 11.3 Å². The summed E-state index contributed by atoms with van der Waals surface area (Å²) in [6.45, 7) is 3.17. The third-order valence-corrected chi connectivity index (χ3v) is 4.55. The van der Waals surface area contributed by atoms with Gasteiger partial charge in [-0.25, -0.2) is 14.8 Å². The number of carbonyl (C=O) groups is 1. The van der Waals surface area contributed by atoms with Crippen LogP contribution in [-0.2, 0) is 6.54 Å². The third kappa shape index (κ3) is 4.20. The molecule has 0 aliphatic carbocycles. The quantitative estimate of drug-likeness (QED) is 0.724. The van der Waals surface area contributed by atoms with Crippen molar-refractivity contribution in [2.45, 2.75) is 19.5 Å². The number of hydrogen-bond donors (Lipinski definition) is 2. The molecular formula is C17H19N5OS. The monoisotopic (exact) mass is 341 g/mol. The number of aromatic nitrogens is 3. The summed E-state index contributed by atoms with van der Waals surface area (Å²) in [6.07, 6.45) is 5.31. The highest BCUT2D eigenvalue weighted by atomic mass is 32.1. The molecule has 0 aliphatic rings. The Balaban J connectivity index is 1.50. The zero-order chi connectivity index (χ0) is 16.8. The van der Waals surface area contributed by atoms with Gasteiger partial charge in [-0.3, -0.25) is 0 Å². The Morgan fingerprint density at radius 3 is 2.92 bits per heavy atom. The van der Waals surface area contributed by atoms with Crippen LogP contribution in [0.25, 0.3) is 11.3 Å². The SMILES string of the molecule is C[C@@H](NC(=O)NCCn1ccnc1)c1nc(-c2ccccc2)cs1. The van der Waals surface area contributed by atoms with Gasteiger partial charge in [-0.15, -0.1) is 11.3 Å². The number of rotatable bonds is 6. The Labute approximate surface area is 144 Å². The van der Waals surface area contributed by atoms with Gasteiger partial charge in [-0.1, -0.05) is 30.3 Å². The number of nitrogens with one attached hydrogen (secondary N) is 2. The van der Waals surface area contributed by atoms with Crippen molar-refractivity contribution in [3.05, 3.63) is 59.4 Å². The summed E-state index contributed by atoms with van der Waals surface area (Å²) in [6, 6.07) is 9.68. The van der Waals surface area contributed by atoms with E-state index in [0.717, 1.165) is 16.3 Å². The number of imidazole rings is 1. The molecule has 0 bridgehead atoms. The Bertz CT molecular complexity index is 769.